The average molecular weight is 270 g/mol. The van der Waals surface area contributed by atoms with Crippen molar-refractivity contribution in [2.24, 2.45) is 0 Å². The van der Waals surface area contributed by atoms with Gasteiger partial charge in [-0.3, -0.25) is 0 Å². The Morgan fingerprint density at radius 3 is 2.40 bits per heavy atom. The second-order valence-corrected chi connectivity index (χ2v) is 4.36. The van der Waals surface area contributed by atoms with Crippen LogP contribution in [0.4, 0.5) is 4.39 Å². The van der Waals surface area contributed by atoms with Crippen molar-refractivity contribution < 1.29 is 14.0 Å². The van der Waals surface area contributed by atoms with Crippen LogP contribution in [0, 0.1) is 5.82 Å². The van der Waals surface area contributed by atoms with Gasteiger partial charge in [0.25, 0.3) is 0 Å². The number of hydrogen-bond acceptors (Lipinski definition) is 4. The van der Waals surface area contributed by atoms with E-state index in [1.54, 1.807) is 36.4 Å². The van der Waals surface area contributed by atoms with Crippen LogP contribution in [0.5, 0.6) is 5.75 Å². The summed E-state index contributed by atoms with van der Waals surface area (Å²) in [5.41, 5.74) is 1.66. The molecule has 3 rings (SSSR count). The molecule has 0 amide bonds. The second kappa shape index (κ2) is 5.13. The smallest absolute Gasteiger partial charge is 0.231 e. The monoisotopic (exact) mass is 270 g/mol. The van der Waals surface area contributed by atoms with Gasteiger partial charge in [0, 0.05) is 5.56 Å². The van der Waals surface area contributed by atoms with Gasteiger partial charge in [0.2, 0.25) is 11.7 Å². The Labute approximate surface area is 114 Å². The number of phenols is 1. The Hall–Kier alpha value is -2.69. The summed E-state index contributed by atoms with van der Waals surface area (Å²) < 4.78 is 18.0. The lowest BCUT2D eigenvalue weighted by Crippen LogP contribution is -1.88. The number of nitrogens with zero attached hydrogens (tertiary/aromatic N) is 2. The van der Waals surface area contributed by atoms with Gasteiger partial charge in [-0.15, -0.1) is 0 Å². The Morgan fingerprint density at radius 1 is 1.00 bits per heavy atom. The number of aromatic hydroxyl groups is 1. The van der Waals surface area contributed by atoms with E-state index in [1.807, 2.05) is 0 Å². The van der Waals surface area contributed by atoms with Crippen molar-refractivity contribution in [3.05, 3.63) is 65.8 Å². The van der Waals surface area contributed by atoms with Crippen LogP contribution in [0.2, 0.25) is 0 Å². The molecule has 100 valence electrons. The minimum absolute atomic E-state index is 0.214. The molecule has 1 N–H and O–H groups in total. The van der Waals surface area contributed by atoms with E-state index in [9.17, 15) is 9.50 Å². The molecular formula is C15H11FN2O2. The third kappa shape index (κ3) is 2.66. The van der Waals surface area contributed by atoms with Gasteiger partial charge in [0.15, 0.2) is 0 Å². The number of hydrogen-bond donors (Lipinski definition) is 1. The zero-order valence-corrected chi connectivity index (χ0v) is 10.5. The highest BCUT2D eigenvalue weighted by molar-refractivity contribution is 5.53. The third-order valence-electron chi connectivity index (χ3n) is 2.86. The molecule has 0 aliphatic rings. The van der Waals surface area contributed by atoms with Gasteiger partial charge in [0.1, 0.15) is 11.6 Å². The highest BCUT2D eigenvalue weighted by atomic mass is 19.1. The third-order valence-corrected chi connectivity index (χ3v) is 2.86. The van der Waals surface area contributed by atoms with Gasteiger partial charge in [0.05, 0.1) is 6.42 Å². The normalized spacial score (nSPS) is 10.7. The van der Waals surface area contributed by atoms with Crippen LogP contribution in [0.1, 0.15) is 11.5 Å². The SMILES string of the molecule is Oc1ccc(Cc2nc(-c3ccc(F)cc3)no2)cc1. The van der Waals surface area contributed by atoms with Gasteiger partial charge >= 0.3 is 0 Å². The summed E-state index contributed by atoms with van der Waals surface area (Å²) in [6.45, 7) is 0. The summed E-state index contributed by atoms with van der Waals surface area (Å²) in [5.74, 6) is 0.807. The second-order valence-electron chi connectivity index (χ2n) is 4.36. The lowest BCUT2D eigenvalue weighted by atomic mass is 10.1. The molecule has 1 aromatic heterocycles. The number of halogens is 1. The summed E-state index contributed by atoms with van der Waals surface area (Å²) in [5, 5.41) is 13.1. The van der Waals surface area contributed by atoms with Crippen LogP contribution in [0.3, 0.4) is 0 Å². The molecular weight excluding hydrogens is 259 g/mol. The largest absolute Gasteiger partial charge is 0.508 e. The summed E-state index contributed by atoms with van der Waals surface area (Å²) in [7, 11) is 0. The molecule has 0 bridgehead atoms. The molecule has 1 heterocycles. The number of phenolic OH excluding ortho intramolecular Hbond substituents is 1. The van der Waals surface area contributed by atoms with Crippen molar-refractivity contribution >= 4 is 0 Å². The standard InChI is InChI=1S/C15H11FN2O2/c16-12-5-3-11(4-6-12)15-17-14(20-18-15)9-10-1-7-13(19)8-2-10/h1-8,19H,9H2. The fourth-order valence-electron chi connectivity index (χ4n) is 1.83. The lowest BCUT2D eigenvalue weighted by Gasteiger charge is -1.96. The van der Waals surface area contributed by atoms with Crippen LogP contribution >= 0.6 is 0 Å². The van der Waals surface area contributed by atoms with E-state index < -0.39 is 0 Å². The molecule has 0 unspecified atom stereocenters. The topological polar surface area (TPSA) is 59.2 Å². The van der Waals surface area contributed by atoms with E-state index in [2.05, 4.69) is 10.1 Å². The molecule has 0 saturated heterocycles. The maximum Gasteiger partial charge on any atom is 0.231 e. The minimum atomic E-state index is -0.304. The Bertz CT molecular complexity index is 705. The predicted octanol–water partition coefficient (Wildman–Crippen LogP) is 3.17. The zero-order chi connectivity index (χ0) is 13.9. The molecule has 0 radical (unpaired) electrons. The molecule has 0 fully saturated rings. The summed E-state index contributed by atoms with van der Waals surface area (Å²) in [4.78, 5) is 4.27. The van der Waals surface area contributed by atoms with Crippen LogP contribution in [0.15, 0.2) is 53.1 Å². The van der Waals surface area contributed by atoms with Crippen LogP contribution in [0.25, 0.3) is 11.4 Å². The molecule has 0 spiro atoms. The zero-order valence-electron chi connectivity index (χ0n) is 10.5. The fraction of sp³-hybridized carbons (Fsp3) is 0.0667. The Kier molecular flexibility index (Phi) is 3.16. The van der Waals surface area contributed by atoms with E-state index >= 15 is 0 Å². The van der Waals surface area contributed by atoms with Gasteiger partial charge in [-0.25, -0.2) is 4.39 Å². The van der Waals surface area contributed by atoms with E-state index in [0.29, 0.717) is 23.7 Å². The first-order valence-corrected chi connectivity index (χ1v) is 6.07. The van der Waals surface area contributed by atoms with Crippen molar-refractivity contribution in [2.45, 2.75) is 6.42 Å². The first-order valence-electron chi connectivity index (χ1n) is 6.07. The first kappa shape index (κ1) is 12.3. The maximum atomic E-state index is 12.8. The Morgan fingerprint density at radius 2 is 1.70 bits per heavy atom. The van der Waals surface area contributed by atoms with E-state index in [-0.39, 0.29) is 11.6 Å². The highest BCUT2D eigenvalue weighted by Crippen LogP contribution is 2.18. The van der Waals surface area contributed by atoms with E-state index in [1.165, 1.54) is 12.1 Å². The summed E-state index contributed by atoms with van der Waals surface area (Å²) >= 11 is 0. The maximum absolute atomic E-state index is 12.8. The van der Waals surface area contributed by atoms with Crippen molar-refractivity contribution in [2.75, 3.05) is 0 Å². The molecule has 0 saturated carbocycles. The van der Waals surface area contributed by atoms with Crippen molar-refractivity contribution in [3.8, 4) is 17.1 Å². The molecule has 2 aromatic carbocycles. The first-order chi connectivity index (χ1) is 9.70. The van der Waals surface area contributed by atoms with Crippen molar-refractivity contribution in [1.82, 2.24) is 10.1 Å². The average Bonchev–Trinajstić information content (AvgIpc) is 2.91. The van der Waals surface area contributed by atoms with Crippen LogP contribution < -0.4 is 0 Å². The molecule has 0 atom stereocenters. The van der Waals surface area contributed by atoms with Crippen molar-refractivity contribution in [3.63, 3.8) is 0 Å². The summed E-state index contributed by atoms with van der Waals surface area (Å²) in [6, 6.07) is 12.7. The van der Waals surface area contributed by atoms with Crippen LogP contribution in [-0.4, -0.2) is 15.2 Å². The van der Waals surface area contributed by atoms with E-state index in [4.69, 9.17) is 4.52 Å². The molecule has 0 aliphatic heterocycles. The van der Waals surface area contributed by atoms with Gasteiger partial charge < -0.3 is 9.63 Å². The number of aromatic nitrogens is 2. The molecule has 0 aliphatic carbocycles. The molecule has 4 nitrogen and oxygen atoms in total. The molecule has 5 heteroatoms. The van der Waals surface area contributed by atoms with E-state index in [0.717, 1.165) is 5.56 Å². The lowest BCUT2D eigenvalue weighted by molar-refractivity contribution is 0.385. The predicted molar refractivity (Wildman–Crippen MR) is 70.6 cm³/mol. The summed E-state index contributed by atoms with van der Waals surface area (Å²) in [6.07, 6.45) is 0.481. The van der Waals surface area contributed by atoms with Gasteiger partial charge in [-0.05, 0) is 42.0 Å². The fourth-order valence-corrected chi connectivity index (χ4v) is 1.83. The minimum Gasteiger partial charge on any atom is -0.508 e. The quantitative estimate of drug-likeness (QED) is 0.794. The van der Waals surface area contributed by atoms with Gasteiger partial charge in [-0.2, -0.15) is 4.98 Å². The highest BCUT2D eigenvalue weighted by Gasteiger charge is 2.09. The molecule has 20 heavy (non-hydrogen) atoms. The van der Waals surface area contributed by atoms with Crippen molar-refractivity contribution in [1.29, 1.82) is 0 Å². The number of rotatable bonds is 3. The number of benzene rings is 2. The Balaban J connectivity index is 1.80. The molecule has 3 aromatic rings. The van der Waals surface area contributed by atoms with Crippen LogP contribution in [-0.2, 0) is 6.42 Å². The van der Waals surface area contributed by atoms with Gasteiger partial charge in [-0.1, -0.05) is 17.3 Å².